The summed E-state index contributed by atoms with van der Waals surface area (Å²) in [4.78, 5) is 5.14. The Morgan fingerprint density at radius 3 is 2.39 bits per heavy atom. The van der Waals surface area contributed by atoms with E-state index in [4.69, 9.17) is 4.18 Å². The van der Waals surface area contributed by atoms with Crippen LogP contribution in [0.4, 0.5) is 0 Å². The summed E-state index contributed by atoms with van der Waals surface area (Å²) in [6, 6.07) is 1.44. The molecule has 4 heteroatoms. The van der Waals surface area contributed by atoms with Crippen molar-refractivity contribution in [1.29, 1.82) is 0 Å². The van der Waals surface area contributed by atoms with Crippen molar-refractivity contribution in [3.63, 3.8) is 0 Å². The number of likely N-dealkylation sites (tertiary alicyclic amines) is 1. The van der Waals surface area contributed by atoms with Crippen LogP contribution in [0.15, 0.2) is 0 Å². The van der Waals surface area contributed by atoms with E-state index in [1.807, 2.05) is 0 Å². The maximum Gasteiger partial charge on any atom is 0.0748 e. The quantitative estimate of drug-likeness (QED) is 0.611. The Hall–Kier alpha value is 0.230. The summed E-state index contributed by atoms with van der Waals surface area (Å²) < 4.78 is 5.06. The molecule has 2 fully saturated rings. The fraction of sp³-hybridized carbons (Fsp3) is 1.00. The zero-order valence-corrected chi connectivity index (χ0v) is 12.9. The average molecular weight is 272 g/mol. The molecule has 2 aliphatic rings. The van der Waals surface area contributed by atoms with Crippen LogP contribution in [-0.2, 0) is 4.18 Å². The predicted octanol–water partition coefficient (Wildman–Crippen LogP) is 2.43. The Bertz CT molecular complexity index is 248. The van der Waals surface area contributed by atoms with Crippen LogP contribution in [0, 0.1) is 5.92 Å². The summed E-state index contributed by atoms with van der Waals surface area (Å²) >= 11 is 3.89. The summed E-state index contributed by atoms with van der Waals surface area (Å²) in [7, 11) is 2.27. The minimum Gasteiger partial charge on any atom is -0.315 e. The number of rotatable bonds is 5. The molecule has 0 unspecified atom stereocenters. The third-order valence-electron chi connectivity index (χ3n) is 4.77. The molecule has 106 valence electrons. The smallest absolute Gasteiger partial charge is 0.0748 e. The first-order valence-corrected chi connectivity index (χ1v) is 7.71. The summed E-state index contributed by atoms with van der Waals surface area (Å²) in [5.74, 6) is 0.890. The molecule has 0 amide bonds. The standard InChI is InChI=1S/C14H28N2OS/c1-11(2)16-6-4-12(5-7-16)10-15(3)13-8-14(9-13)17-18/h11-14,18H,4-10H2,1-3H3/t13-,14-. The van der Waals surface area contributed by atoms with Gasteiger partial charge in [-0.05, 0) is 78.5 Å². The summed E-state index contributed by atoms with van der Waals surface area (Å²) in [6.45, 7) is 8.43. The van der Waals surface area contributed by atoms with E-state index >= 15 is 0 Å². The van der Waals surface area contributed by atoms with Crippen LogP contribution < -0.4 is 0 Å². The molecular weight excluding hydrogens is 244 g/mol. The van der Waals surface area contributed by atoms with Crippen molar-refractivity contribution >= 4 is 12.9 Å². The van der Waals surface area contributed by atoms with Crippen LogP contribution in [0.2, 0.25) is 0 Å². The minimum atomic E-state index is 0.392. The summed E-state index contributed by atoms with van der Waals surface area (Å²) in [5, 5.41) is 0. The van der Waals surface area contributed by atoms with E-state index in [-0.39, 0.29) is 0 Å². The van der Waals surface area contributed by atoms with Gasteiger partial charge in [0.05, 0.1) is 6.10 Å². The summed E-state index contributed by atoms with van der Waals surface area (Å²) in [6.07, 6.45) is 5.43. The second-order valence-electron chi connectivity index (χ2n) is 6.37. The van der Waals surface area contributed by atoms with Crippen LogP contribution in [0.5, 0.6) is 0 Å². The molecule has 0 aromatic rings. The lowest BCUT2D eigenvalue weighted by Gasteiger charge is -2.42. The molecule has 3 nitrogen and oxygen atoms in total. The number of piperidine rings is 1. The van der Waals surface area contributed by atoms with Gasteiger partial charge in [0.15, 0.2) is 0 Å². The van der Waals surface area contributed by atoms with Gasteiger partial charge in [0, 0.05) is 18.6 Å². The Kier molecular flexibility index (Phi) is 5.36. The van der Waals surface area contributed by atoms with E-state index in [2.05, 4.69) is 43.6 Å². The van der Waals surface area contributed by atoms with Gasteiger partial charge in [0.25, 0.3) is 0 Å². The van der Waals surface area contributed by atoms with E-state index in [9.17, 15) is 0 Å². The van der Waals surface area contributed by atoms with Crippen LogP contribution in [0.3, 0.4) is 0 Å². The Morgan fingerprint density at radius 1 is 1.28 bits per heavy atom. The molecule has 1 heterocycles. The predicted molar refractivity (Wildman–Crippen MR) is 78.9 cm³/mol. The zero-order chi connectivity index (χ0) is 13.1. The minimum absolute atomic E-state index is 0.392. The van der Waals surface area contributed by atoms with Gasteiger partial charge in [-0.15, -0.1) is 0 Å². The second-order valence-corrected chi connectivity index (χ2v) is 6.58. The molecule has 1 saturated heterocycles. The lowest BCUT2D eigenvalue weighted by atomic mass is 9.87. The van der Waals surface area contributed by atoms with Gasteiger partial charge in [-0.3, -0.25) is 0 Å². The fourth-order valence-electron chi connectivity index (χ4n) is 3.19. The van der Waals surface area contributed by atoms with Gasteiger partial charge in [-0.1, -0.05) is 0 Å². The highest BCUT2D eigenvalue weighted by Gasteiger charge is 2.33. The van der Waals surface area contributed by atoms with E-state index < -0.39 is 0 Å². The van der Waals surface area contributed by atoms with Crippen LogP contribution in [-0.4, -0.2) is 54.7 Å². The first kappa shape index (κ1) is 14.6. The molecule has 0 aromatic heterocycles. The Balaban J connectivity index is 1.65. The van der Waals surface area contributed by atoms with Crippen molar-refractivity contribution in [2.45, 2.75) is 57.7 Å². The largest absolute Gasteiger partial charge is 0.315 e. The van der Waals surface area contributed by atoms with Crippen molar-refractivity contribution < 1.29 is 4.18 Å². The Morgan fingerprint density at radius 2 is 1.89 bits per heavy atom. The van der Waals surface area contributed by atoms with Crippen LogP contribution >= 0.6 is 12.9 Å². The van der Waals surface area contributed by atoms with Gasteiger partial charge in [0.1, 0.15) is 0 Å². The highest BCUT2D eigenvalue weighted by molar-refractivity contribution is 7.75. The average Bonchev–Trinajstić information content (AvgIpc) is 2.28. The maximum absolute atomic E-state index is 5.06. The van der Waals surface area contributed by atoms with E-state index in [0.29, 0.717) is 12.1 Å². The molecule has 1 aliphatic carbocycles. The van der Waals surface area contributed by atoms with Gasteiger partial charge < -0.3 is 14.0 Å². The Labute approximate surface area is 117 Å². The SMILES string of the molecule is CC(C)N1CCC(CN(C)[C@H]2C[C@H](OS)C2)CC1. The lowest BCUT2D eigenvalue weighted by molar-refractivity contribution is 0.0282. The van der Waals surface area contributed by atoms with E-state index in [1.165, 1.54) is 32.5 Å². The topological polar surface area (TPSA) is 15.7 Å². The number of hydrogen-bond donors (Lipinski definition) is 1. The number of thiol groups is 1. The first-order valence-electron chi connectivity index (χ1n) is 7.34. The summed E-state index contributed by atoms with van der Waals surface area (Å²) in [5.41, 5.74) is 0. The molecule has 0 N–H and O–H groups in total. The molecular formula is C14H28N2OS. The molecule has 0 spiro atoms. The van der Waals surface area contributed by atoms with Crippen molar-refractivity contribution in [2.24, 2.45) is 5.92 Å². The molecule has 0 bridgehead atoms. The van der Waals surface area contributed by atoms with Gasteiger partial charge >= 0.3 is 0 Å². The van der Waals surface area contributed by atoms with Gasteiger partial charge in [0.2, 0.25) is 0 Å². The molecule has 1 aliphatic heterocycles. The normalized spacial score (nSPS) is 31.0. The molecule has 2 rings (SSSR count). The van der Waals surface area contributed by atoms with Crippen molar-refractivity contribution in [3.05, 3.63) is 0 Å². The molecule has 0 aromatic carbocycles. The van der Waals surface area contributed by atoms with E-state index in [0.717, 1.165) is 24.8 Å². The van der Waals surface area contributed by atoms with Crippen molar-refractivity contribution in [1.82, 2.24) is 9.80 Å². The lowest BCUT2D eigenvalue weighted by Crippen LogP contribution is -2.48. The van der Waals surface area contributed by atoms with Crippen molar-refractivity contribution in [3.8, 4) is 0 Å². The number of hydrogen-bond acceptors (Lipinski definition) is 4. The maximum atomic E-state index is 5.06. The third kappa shape index (κ3) is 3.62. The van der Waals surface area contributed by atoms with Crippen LogP contribution in [0.25, 0.3) is 0 Å². The van der Waals surface area contributed by atoms with Crippen molar-refractivity contribution in [2.75, 3.05) is 26.7 Å². The fourth-order valence-corrected chi connectivity index (χ4v) is 3.36. The number of nitrogens with zero attached hydrogens (tertiary/aromatic N) is 2. The second kappa shape index (κ2) is 6.60. The third-order valence-corrected chi connectivity index (χ3v) is 5.07. The monoisotopic (exact) mass is 272 g/mol. The van der Waals surface area contributed by atoms with Crippen LogP contribution in [0.1, 0.15) is 39.5 Å². The molecule has 18 heavy (non-hydrogen) atoms. The van der Waals surface area contributed by atoms with E-state index in [1.54, 1.807) is 0 Å². The highest BCUT2D eigenvalue weighted by Crippen LogP contribution is 2.30. The highest BCUT2D eigenvalue weighted by atomic mass is 32.1. The van der Waals surface area contributed by atoms with Gasteiger partial charge in [-0.2, -0.15) is 0 Å². The first-order chi connectivity index (χ1) is 8.60. The van der Waals surface area contributed by atoms with Gasteiger partial charge in [-0.25, -0.2) is 0 Å². The molecule has 0 atom stereocenters. The zero-order valence-electron chi connectivity index (χ0n) is 12.0. The molecule has 1 saturated carbocycles. The molecule has 0 radical (unpaired) electrons.